The quantitative estimate of drug-likeness (QED) is 0.188. The smallest absolute Gasteiger partial charge is 0.0692 e. The van der Waals surface area contributed by atoms with Gasteiger partial charge in [0.2, 0.25) is 0 Å². The van der Waals surface area contributed by atoms with E-state index >= 15 is 0 Å². The first-order chi connectivity index (χ1) is 24.3. The van der Waals surface area contributed by atoms with Gasteiger partial charge in [-0.3, -0.25) is 0 Å². The molecule has 1 spiro atoms. The number of anilines is 2. The van der Waals surface area contributed by atoms with Crippen LogP contribution in [0.2, 0.25) is 0 Å². The lowest BCUT2D eigenvalue weighted by molar-refractivity contribution is 0.738. The number of hydrogen-bond donors (Lipinski definition) is 0. The fourth-order valence-electron chi connectivity index (χ4n) is 8.94. The Bertz CT molecular complexity index is 2410. The molecule has 1 nitrogen and oxygen atoms in total. The summed E-state index contributed by atoms with van der Waals surface area (Å²) < 4.78 is 0. The number of fused-ring (bicyclic) bond motifs is 11. The molecule has 232 valence electrons. The Hall–Kier alpha value is -5.92. The van der Waals surface area contributed by atoms with Gasteiger partial charge in [-0.05, 0) is 122 Å². The summed E-state index contributed by atoms with van der Waals surface area (Å²) in [5, 5.41) is 0. The molecule has 0 fully saturated rings. The van der Waals surface area contributed by atoms with Crippen molar-refractivity contribution < 1.29 is 0 Å². The van der Waals surface area contributed by atoms with E-state index in [1.807, 2.05) is 0 Å². The highest BCUT2D eigenvalue weighted by molar-refractivity contribution is 6.00. The second-order valence-corrected chi connectivity index (χ2v) is 13.5. The molecule has 6 aromatic rings. The lowest BCUT2D eigenvalue weighted by Crippen LogP contribution is -2.30. The number of allylic oxidation sites excluding steroid dienone is 7. The highest BCUT2D eigenvalue weighted by Crippen LogP contribution is 2.63. The van der Waals surface area contributed by atoms with E-state index in [0.717, 1.165) is 19.3 Å². The van der Waals surface area contributed by atoms with E-state index < -0.39 is 5.41 Å². The lowest BCUT2D eigenvalue weighted by atomic mass is 9.65. The molecular formula is C48H35N. The molecular weight excluding hydrogens is 591 g/mol. The van der Waals surface area contributed by atoms with Crippen molar-refractivity contribution in [1.82, 2.24) is 0 Å². The van der Waals surface area contributed by atoms with Crippen LogP contribution in [0.5, 0.6) is 0 Å². The zero-order valence-electron chi connectivity index (χ0n) is 27.3. The summed E-state index contributed by atoms with van der Waals surface area (Å²) in [6, 6.07) is 54.4. The van der Waals surface area contributed by atoms with Crippen molar-refractivity contribution in [1.29, 1.82) is 0 Å². The standard InChI is InChI=1S/C48H35N/c1-4-15-33(16-5-1)34-27-29-43-41-23-12-13-25-44(41)48(46(43)31-34)45-26-14-24-40(45)38-21-10-11-22-39(38)42-30-28-37(32-47(42)48)49(35-17-6-2-7-18-35)36-19-8-3-9-20-36/h1-2,4-8,10-25,27-32H,3,9,26H2. The summed E-state index contributed by atoms with van der Waals surface area (Å²) in [5.74, 6) is 0. The van der Waals surface area contributed by atoms with Crippen LogP contribution < -0.4 is 4.90 Å². The van der Waals surface area contributed by atoms with E-state index in [0.29, 0.717) is 0 Å². The zero-order chi connectivity index (χ0) is 32.4. The third-order valence-electron chi connectivity index (χ3n) is 11.0. The topological polar surface area (TPSA) is 3.24 Å². The molecule has 0 bridgehead atoms. The largest absolute Gasteiger partial charge is 0.311 e. The lowest BCUT2D eigenvalue weighted by Gasteiger charge is -2.37. The van der Waals surface area contributed by atoms with Gasteiger partial charge in [-0.2, -0.15) is 0 Å². The van der Waals surface area contributed by atoms with E-state index in [1.54, 1.807) is 0 Å². The third kappa shape index (κ3) is 4.12. The zero-order valence-corrected chi connectivity index (χ0v) is 27.3. The monoisotopic (exact) mass is 625 g/mol. The van der Waals surface area contributed by atoms with Crippen molar-refractivity contribution in [2.75, 3.05) is 4.90 Å². The maximum atomic E-state index is 2.53. The van der Waals surface area contributed by atoms with Gasteiger partial charge < -0.3 is 4.90 Å². The second kappa shape index (κ2) is 11.1. The van der Waals surface area contributed by atoms with Gasteiger partial charge >= 0.3 is 0 Å². The highest BCUT2D eigenvalue weighted by Gasteiger charge is 2.51. The van der Waals surface area contributed by atoms with Crippen LogP contribution in [0.15, 0.2) is 187 Å². The summed E-state index contributed by atoms with van der Waals surface area (Å²) >= 11 is 0. The van der Waals surface area contributed by atoms with Gasteiger partial charge in [-0.25, -0.2) is 0 Å². The molecule has 1 atom stereocenters. The van der Waals surface area contributed by atoms with E-state index in [2.05, 4.69) is 181 Å². The summed E-state index contributed by atoms with van der Waals surface area (Å²) in [5.41, 5.74) is 19.1. The first kappa shape index (κ1) is 28.1. The maximum absolute atomic E-state index is 2.53. The van der Waals surface area contributed by atoms with Crippen molar-refractivity contribution in [3.63, 3.8) is 0 Å². The minimum Gasteiger partial charge on any atom is -0.311 e. The van der Waals surface area contributed by atoms with Gasteiger partial charge in [0.1, 0.15) is 0 Å². The molecule has 0 heterocycles. The third-order valence-corrected chi connectivity index (χ3v) is 11.0. The summed E-state index contributed by atoms with van der Waals surface area (Å²) in [4.78, 5) is 2.45. The number of benzene rings is 6. The van der Waals surface area contributed by atoms with Crippen molar-refractivity contribution >= 4 is 16.9 Å². The Morgan fingerprint density at radius 1 is 0.449 bits per heavy atom. The molecule has 4 aliphatic carbocycles. The molecule has 0 aliphatic heterocycles. The Balaban J connectivity index is 1.34. The van der Waals surface area contributed by atoms with Gasteiger partial charge in [0.25, 0.3) is 0 Å². The average Bonchev–Trinajstić information content (AvgIpc) is 3.75. The predicted molar refractivity (Wildman–Crippen MR) is 205 cm³/mol. The fraction of sp³-hybridized carbons (Fsp3) is 0.0833. The minimum absolute atomic E-state index is 0.473. The van der Waals surface area contributed by atoms with Crippen LogP contribution in [0, 0.1) is 0 Å². The van der Waals surface area contributed by atoms with Crippen LogP contribution in [0.4, 0.5) is 11.4 Å². The Morgan fingerprint density at radius 3 is 1.94 bits per heavy atom. The van der Waals surface area contributed by atoms with Crippen LogP contribution >= 0.6 is 0 Å². The highest BCUT2D eigenvalue weighted by atomic mass is 15.1. The molecule has 0 saturated heterocycles. The van der Waals surface area contributed by atoms with Crippen LogP contribution in [0.1, 0.15) is 41.5 Å². The Morgan fingerprint density at radius 2 is 1.12 bits per heavy atom. The Labute approximate surface area is 288 Å². The van der Waals surface area contributed by atoms with Crippen molar-refractivity contribution in [2.45, 2.75) is 24.7 Å². The maximum Gasteiger partial charge on any atom is 0.0692 e. The summed E-state index contributed by atoms with van der Waals surface area (Å²) in [6.07, 6.45) is 14.8. The summed E-state index contributed by atoms with van der Waals surface area (Å²) in [6.45, 7) is 0. The van der Waals surface area contributed by atoms with Gasteiger partial charge in [-0.1, -0.05) is 140 Å². The average molecular weight is 626 g/mol. The summed E-state index contributed by atoms with van der Waals surface area (Å²) in [7, 11) is 0. The number of nitrogens with zero attached hydrogens (tertiary/aromatic N) is 1. The van der Waals surface area contributed by atoms with Gasteiger partial charge in [-0.15, -0.1) is 0 Å². The molecule has 0 amide bonds. The molecule has 1 unspecified atom stereocenters. The van der Waals surface area contributed by atoms with E-state index in [1.165, 1.54) is 83.9 Å². The number of para-hydroxylation sites is 1. The molecule has 0 radical (unpaired) electrons. The van der Waals surface area contributed by atoms with Gasteiger partial charge in [0, 0.05) is 17.1 Å². The normalized spacial score (nSPS) is 17.9. The van der Waals surface area contributed by atoms with Gasteiger partial charge in [0.05, 0.1) is 5.41 Å². The van der Waals surface area contributed by atoms with E-state index in [9.17, 15) is 0 Å². The van der Waals surface area contributed by atoms with Crippen LogP contribution in [0.3, 0.4) is 0 Å². The molecule has 10 rings (SSSR count). The molecule has 0 saturated carbocycles. The Kier molecular flexibility index (Phi) is 6.36. The van der Waals surface area contributed by atoms with Crippen molar-refractivity contribution in [3.05, 3.63) is 209 Å². The fourth-order valence-corrected chi connectivity index (χ4v) is 8.94. The number of rotatable bonds is 4. The van der Waals surface area contributed by atoms with Crippen molar-refractivity contribution in [2.24, 2.45) is 0 Å². The first-order valence-corrected chi connectivity index (χ1v) is 17.5. The molecule has 0 N–H and O–H groups in total. The molecule has 0 aromatic heterocycles. The molecule has 4 aliphatic rings. The molecule has 6 aromatic carbocycles. The number of hydrogen-bond acceptors (Lipinski definition) is 1. The van der Waals surface area contributed by atoms with Crippen LogP contribution in [-0.4, -0.2) is 0 Å². The van der Waals surface area contributed by atoms with E-state index in [-0.39, 0.29) is 0 Å². The predicted octanol–water partition coefficient (Wildman–Crippen LogP) is 12.4. The SMILES string of the molecule is C1=CC(N(c2ccccc2)c2ccc3c(c2)C2(C4=C(C=CC4)c4ccccc4-3)c3ccccc3-c3ccc(-c4ccccc4)cc32)=CCC1. The van der Waals surface area contributed by atoms with Crippen molar-refractivity contribution in [3.8, 4) is 33.4 Å². The van der Waals surface area contributed by atoms with Crippen LogP contribution in [-0.2, 0) is 5.41 Å². The van der Waals surface area contributed by atoms with E-state index in [4.69, 9.17) is 0 Å². The first-order valence-electron chi connectivity index (χ1n) is 17.5. The second-order valence-electron chi connectivity index (χ2n) is 13.5. The molecule has 1 heteroatoms. The van der Waals surface area contributed by atoms with Crippen LogP contribution in [0.25, 0.3) is 39.0 Å². The van der Waals surface area contributed by atoms with Gasteiger partial charge in [0.15, 0.2) is 0 Å². The molecule has 49 heavy (non-hydrogen) atoms. The minimum atomic E-state index is -0.473.